The fourth-order valence-electron chi connectivity index (χ4n) is 4.22. The Hall–Kier alpha value is -3.19. The summed E-state index contributed by atoms with van der Waals surface area (Å²) in [4.78, 5) is 29.5. The van der Waals surface area contributed by atoms with Crippen molar-refractivity contribution in [3.05, 3.63) is 69.7 Å². The SMILES string of the molecule is O=c1[nH]c2c(cc1-c1cc(Cl)ccc1F)N(c1ccnc3nc[nH]c13)C21CC1. The summed E-state index contributed by atoms with van der Waals surface area (Å²) in [6, 6.07) is 7.88. The maximum Gasteiger partial charge on any atom is 0.256 e. The van der Waals surface area contributed by atoms with Crippen LogP contribution in [0.2, 0.25) is 5.02 Å². The number of H-pyrrole nitrogens is 2. The molecule has 1 aliphatic heterocycles. The zero-order valence-corrected chi connectivity index (χ0v) is 15.2. The van der Waals surface area contributed by atoms with Crippen LogP contribution in [0.1, 0.15) is 18.5 Å². The molecule has 1 saturated carbocycles. The van der Waals surface area contributed by atoms with Crippen LogP contribution in [0.4, 0.5) is 15.8 Å². The summed E-state index contributed by atoms with van der Waals surface area (Å²) in [5, 5.41) is 0.377. The minimum atomic E-state index is -0.485. The van der Waals surface area contributed by atoms with Gasteiger partial charge in [-0.25, -0.2) is 14.4 Å². The third-order valence-electron chi connectivity index (χ3n) is 5.64. The second-order valence-electron chi connectivity index (χ2n) is 7.19. The highest BCUT2D eigenvalue weighted by Gasteiger charge is 2.60. The molecule has 0 atom stereocenters. The quantitative estimate of drug-likeness (QED) is 0.533. The lowest BCUT2D eigenvalue weighted by Gasteiger charge is -2.45. The van der Waals surface area contributed by atoms with E-state index in [1.165, 1.54) is 18.2 Å². The van der Waals surface area contributed by atoms with Crippen molar-refractivity contribution in [1.29, 1.82) is 0 Å². The lowest BCUT2D eigenvalue weighted by molar-refractivity contribution is 0.605. The summed E-state index contributed by atoms with van der Waals surface area (Å²) in [7, 11) is 0. The van der Waals surface area contributed by atoms with Gasteiger partial charge < -0.3 is 14.9 Å². The molecular formula is C20H13ClFN5O. The number of hydrogen-bond donors (Lipinski definition) is 2. The zero-order valence-electron chi connectivity index (χ0n) is 14.5. The molecule has 0 bridgehead atoms. The standard InChI is InChI=1S/C20H13ClFN5O/c21-10-1-2-13(22)11(7-10)12-8-15-17(26-19(12)28)20(4-5-20)27(15)14-3-6-23-18-16(14)24-9-25-18/h1-3,6-9H,4-5H2,(H,26,28)(H,23,24,25). The van der Waals surface area contributed by atoms with E-state index in [1.807, 2.05) is 6.07 Å². The van der Waals surface area contributed by atoms with Crippen LogP contribution in [-0.2, 0) is 5.54 Å². The van der Waals surface area contributed by atoms with Crippen LogP contribution in [0.15, 0.2) is 47.7 Å². The number of anilines is 2. The topological polar surface area (TPSA) is 77.7 Å². The summed E-state index contributed by atoms with van der Waals surface area (Å²) in [6.07, 6.45) is 5.22. The summed E-state index contributed by atoms with van der Waals surface area (Å²) in [6.45, 7) is 0. The Morgan fingerprint density at radius 2 is 1.96 bits per heavy atom. The van der Waals surface area contributed by atoms with Crippen LogP contribution in [-0.4, -0.2) is 19.9 Å². The van der Waals surface area contributed by atoms with Crippen LogP contribution in [0, 0.1) is 5.82 Å². The smallest absolute Gasteiger partial charge is 0.256 e. The van der Waals surface area contributed by atoms with Gasteiger partial charge in [0.05, 0.1) is 34.5 Å². The fraction of sp³-hybridized carbons (Fsp3) is 0.150. The molecule has 0 amide bonds. The first-order valence-electron chi connectivity index (χ1n) is 8.90. The number of aromatic nitrogens is 4. The molecule has 1 aliphatic carbocycles. The van der Waals surface area contributed by atoms with Gasteiger partial charge in [-0.2, -0.15) is 0 Å². The lowest BCUT2D eigenvalue weighted by atomic mass is 9.92. The highest BCUT2D eigenvalue weighted by atomic mass is 35.5. The molecule has 3 aromatic heterocycles. The van der Waals surface area contributed by atoms with Crippen molar-refractivity contribution in [2.45, 2.75) is 18.4 Å². The first-order chi connectivity index (χ1) is 13.6. The molecule has 0 saturated heterocycles. The molecular weight excluding hydrogens is 381 g/mol. The predicted octanol–water partition coefficient (Wildman–Crippen LogP) is 4.25. The maximum atomic E-state index is 14.4. The van der Waals surface area contributed by atoms with Gasteiger partial charge in [-0.3, -0.25) is 4.79 Å². The Balaban J connectivity index is 1.58. The van der Waals surface area contributed by atoms with Gasteiger partial charge in [0.25, 0.3) is 5.56 Å². The van der Waals surface area contributed by atoms with E-state index >= 15 is 0 Å². The molecule has 138 valence electrons. The summed E-state index contributed by atoms with van der Waals surface area (Å²) in [5.41, 5.74) is 4.09. The van der Waals surface area contributed by atoms with E-state index in [-0.39, 0.29) is 22.2 Å². The van der Waals surface area contributed by atoms with Gasteiger partial charge in [0.2, 0.25) is 0 Å². The van der Waals surface area contributed by atoms with Crippen LogP contribution in [0.5, 0.6) is 0 Å². The van der Waals surface area contributed by atoms with Crippen molar-refractivity contribution < 1.29 is 4.39 Å². The number of nitrogens with zero attached hydrogens (tertiary/aromatic N) is 3. The van der Waals surface area contributed by atoms with Gasteiger partial charge in [-0.1, -0.05) is 11.6 Å². The number of hydrogen-bond acceptors (Lipinski definition) is 4. The van der Waals surface area contributed by atoms with Crippen molar-refractivity contribution in [3.8, 4) is 11.1 Å². The van der Waals surface area contributed by atoms with Crippen molar-refractivity contribution >= 4 is 34.1 Å². The van der Waals surface area contributed by atoms with E-state index in [2.05, 4.69) is 24.8 Å². The summed E-state index contributed by atoms with van der Waals surface area (Å²) in [5.74, 6) is -0.485. The van der Waals surface area contributed by atoms with Gasteiger partial charge >= 0.3 is 0 Å². The normalized spacial score (nSPS) is 16.3. The van der Waals surface area contributed by atoms with Gasteiger partial charge in [0, 0.05) is 16.8 Å². The second kappa shape index (κ2) is 5.20. The summed E-state index contributed by atoms with van der Waals surface area (Å²) < 4.78 is 14.4. The summed E-state index contributed by atoms with van der Waals surface area (Å²) >= 11 is 6.03. The average Bonchev–Trinajstić information content (AvgIpc) is 3.37. The Morgan fingerprint density at radius 3 is 2.79 bits per heavy atom. The molecule has 1 spiro atoms. The number of fused-ring (bicyclic) bond motifs is 3. The molecule has 4 aromatic rings. The molecule has 4 heterocycles. The number of benzene rings is 1. The molecule has 6 rings (SSSR count). The van der Waals surface area contributed by atoms with Gasteiger partial charge in [0.1, 0.15) is 11.3 Å². The first-order valence-corrected chi connectivity index (χ1v) is 9.28. The van der Waals surface area contributed by atoms with E-state index in [0.717, 1.165) is 35.4 Å². The zero-order chi connectivity index (χ0) is 19.0. The monoisotopic (exact) mass is 393 g/mol. The van der Waals surface area contributed by atoms with Crippen LogP contribution in [0.25, 0.3) is 22.3 Å². The Labute approximate surface area is 163 Å². The molecule has 2 N–H and O–H groups in total. The largest absolute Gasteiger partial charge is 0.342 e. The maximum absolute atomic E-state index is 14.4. The average molecular weight is 394 g/mol. The van der Waals surface area contributed by atoms with Gasteiger partial charge in [-0.05, 0) is 43.2 Å². The van der Waals surface area contributed by atoms with E-state index < -0.39 is 5.82 Å². The van der Waals surface area contributed by atoms with Crippen LogP contribution in [0.3, 0.4) is 0 Å². The Kier molecular flexibility index (Phi) is 2.94. The highest BCUT2D eigenvalue weighted by molar-refractivity contribution is 6.30. The molecule has 1 aromatic carbocycles. The van der Waals surface area contributed by atoms with E-state index in [4.69, 9.17) is 11.6 Å². The van der Waals surface area contributed by atoms with Crippen LogP contribution >= 0.6 is 11.6 Å². The lowest BCUT2D eigenvalue weighted by Crippen LogP contribution is -2.44. The van der Waals surface area contributed by atoms with Crippen molar-refractivity contribution in [3.63, 3.8) is 0 Å². The number of halogens is 2. The molecule has 1 fully saturated rings. The third kappa shape index (κ3) is 1.94. The first kappa shape index (κ1) is 15.8. The fourth-order valence-corrected chi connectivity index (χ4v) is 4.39. The van der Waals surface area contributed by atoms with Crippen molar-refractivity contribution in [1.82, 2.24) is 19.9 Å². The molecule has 28 heavy (non-hydrogen) atoms. The number of imidazole rings is 1. The number of aromatic amines is 2. The predicted molar refractivity (Wildman–Crippen MR) is 104 cm³/mol. The Morgan fingerprint density at radius 1 is 1.11 bits per heavy atom. The molecule has 0 unspecified atom stereocenters. The van der Waals surface area contributed by atoms with Crippen LogP contribution < -0.4 is 10.5 Å². The highest BCUT2D eigenvalue weighted by Crippen LogP contribution is 2.65. The molecule has 8 heteroatoms. The van der Waals surface area contributed by atoms with Gasteiger partial charge in [0.15, 0.2) is 5.65 Å². The second-order valence-corrected chi connectivity index (χ2v) is 7.63. The van der Waals surface area contributed by atoms with E-state index in [0.29, 0.717) is 10.7 Å². The number of rotatable bonds is 2. The molecule has 6 nitrogen and oxygen atoms in total. The molecule has 2 aliphatic rings. The third-order valence-corrected chi connectivity index (χ3v) is 5.88. The molecule has 0 radical (unpaired) electrons. The van der Waals surface area contributed by atoms with E-state index in [9.17, 15) is 9.18 Å². The minimum absolute atomic E-state index is 0.190. The number of pyridine rings is 2. The van der Waals surface area contributed by atoms with E-state index in [1.54, 1.807) is 18.6 Å². The number of nitrogens with one attached hydrogen (secondary N) is 2. The van der Waals surface area contributed by atoms with Crippen molar-refractivity contribution in [2.24, 2.45) is 0 Å². The Bertz CT molecular complexity index is 1340. The minimum Gasteiger partial charge on any atom is -0.342 e. The van der Waals surface area contributed by atoms with Crippen molar-refractivity contribution in [2.75, 3.05) is 4.90 Å². The van der Waals surface area contributed by atoms with Gasteiger partial charge in [-0.15, -0.1) is 0 Å².